The van der Waals surface area contributed by atoms with Crippen LogP contribution in [-0.2, 0) is 16.6 Å². The molecule has 1 N–H and O–H groups in total. The van der Waals surface area contributed by atoms with E-state index in [-0.39, 0.29) is 11.3 Å². The molecule has 1 spiro atoms. The molecule has 2 aromatic rings. The van der Waals surface area contributed by atoms with Gasteiger partial charge in [0.25, 0.3) is 0 Å². The Balaban J connectivity index is 1.64. The third-order valence-electron chi connectivity index (χ3n) is 4.99. The first kappa shape index (κ1) is 13.5. The van der Waals surface area contributed by atoms with Crippen molar-refractivity contribution >= 4 is 11.6 Å². The first-order chi connectivity index (χ1) is 10.8. The Hall–Kier alpha value is -2.13. The van der Waals surface area contributed by atoms with E-state index in [0.717, 1.165) is 38.2 Å². The number of benzene rings is 2. The SMILES string of the molecule is O=C1N(CCc2ccccc2)c2ccccc2C12CCNC2. The molecule has 0 saturated carbocycles. The second kappa shape index (κ2) is 5.25. The van der Waals surface area contributed by atoms with Gasteiger partial charge in [-0.3, -0.25) is 4.79 Å². The molecule has 2 aliphatic rings. The van der Waals surface area contributed by atoms with Gasteiger partial charge in [-0.1, -0.05) is 48.5 Å². The summed E-state index contributed by atoms with van der Waals surface area (Å²) in [6.07, 6.45) is 1.80. The maximum absolute atomic E-state index is 13.1. The van der Waals surface area contributed by atoms with Gasteiger partial charge in [0.05, 0.1) is 5.41 Å². The van der Waals surface area contributed by atoms with E-state index < -0.39 is 0 Å². The van der Waals surface area contributed by atoms with Gasteiger partial charge in [-0.05, 0) is 36.6 Å². The number of nitrogens with zero attached hydrogens (tertiary/aromatic N) is 1. The minimum Gasteiger partial charge on any atom is -0.315 e. The second-order valence-corrected chi connectivity index (χ2v) is 6.22. The number of amides is 1. The Labute approximate surface area is 131 Å². The van der Waals surface area contributed by atoms with Crippen LogP contribution in [0.2, 0.25) is 0 Å². The fraction of sp³-hybridized carbons (Fsp3) is 0.316. The summed E-state index contributed by atoms with van der Waals surface area (Å²) in [6.45, 7) is 2.44. The number of fused-ring (bicyclic) bond motifs is 2. The number of anilines is 1. The molecule has 4 rings (SSSR count). The maximum Gasteiger partial charge on any atom is 0.239 e. The highest BCUT2D eigenvalue weighted by molar-refractivity contribution is 6.08. The molecule has 1 fully saturated rings. The van der Waals surface area contributed by atoms with Crippen LogP contribution in [0.15, 0.2) is 54.6 Å². The fourth-order valence-corrected chi connectivity index (χ4v) is 3.81. The lowest BCUT2D eigenvalue weighted by molar-refractivity contribution is -0.122. The molecule has 1 amide bonds. The Morgan fingerprint density at radius 3 is 2.59 bits per heavy atom. The summed E-state index contributed by atoms with van der Waals surface area (Å²) in [5, 5.41) is 3.37. The van der Waals surface area contributed by atoms with Crippen molar-refractivity contribution in [1.82, 2.24) is 5.32 Å². The minimum absolute atomic E-state index is 0.273. The zero-order chi connectivity index (χ0) is 15.0. The van der Waals surface area contributed by atoms with E-state index >= 15 is 0 Å². The van der Waals surface area contributed by atoms with Crippen LogP contribution >= 0.6 is 0 Å². The number of para-hydroxylation sites is 1. The number of nitrogens with one attached hydrogen (secondary N) is 1. The topological polar surface area (TPSA) is 32.3 Å². The van der Waals surface area contributed by atoms with Crippen LogP contribution in [0.3, 0.4) is 0 Å². The Morgan fingerprint density at radius 2 is 1.82 bits per heavy atom. The number of carbonyl (C=O) groups is 1. The summed E-state index contributed by atoms with van der Waals surface area (Å²) >= 11 is 0. The molecule has 2 aliphatic heterocycles. The molecule has 2 aromatic carbocycles. The van der Waals surface area contributed by atoms with Crippen molar-refractivity contribution in [2.24, 2.45) is 0 Å². The van der Waals surface area contributed by atoms with Gasteiger partial charge >= 0.3 is 0 Å². The third-order valence-corrected chi connectivity index (χ3v) is 4.99. The quantitative estimate of drug-likeness (QED) is 0.943. The van der Waals surface area contributed by atoms with E-state index in [9.17, 15) is 4.79 Å². The van der Waals surface area contributed by atoms with Crippen molar-refractivity contribution in [2.45, 2.75) is 18.3 Å². The summed E-state index contributed by atoms with van der Waals surface area (Å²) in [4.78, 5) is 15.1. The van der Waals surface area contributed by atoms with E-state index in [1.807, 2.05) is 23.1 Å². The van der Waals surface area contributed by atoms with Gasteiger partial charge in [-0.15, -0.1) is 0 Å². The largest absolute Gasteiger partial charge is 0.315 e. The standard InChI is InChI=1S/C19H20N2O/c22-18-19(11-12-20-14-19)16-8-4-5-9-17(16)21(18)13-10-15-6-2-1-3-7-15/h1-9,20H,10-14H2. The molecule has 0 aliphatic carbocycles. The number of hydrogen-bond donors (Lipinski definition) is 1. The molecule has 1 saturated heterocycles. The van der Waals surface area contributed by atoms with Gasteiger partial charge in [-0.25, -0.2) is 0 Å². The van der Waals surface area contributed by atoms with Crippen molar-refractivity contribution in [3.8, 4) is 0 Å². The molecule has 3 nitrogen and oxygen atoms in total. The van der Waals surface area contributed by atoms with Crippen LogP contribution in [0, 0.1) is 0 Å². The predicted octanol–water partition coefficient (Wildman–Crippen LogP) is 2.51. The van der Waals surface area contributed by atoms with E-state index in [0.29, 0.717) is 0 Å². The average Bonchev–Trinajstić information content (AvgIpc) is 3.14. The van der Waals surface area contributed by atoms with Crippen molar-refractivity contribution < 1.29 is 4.79 Å². The summed E-state index contributed by atoms with van der Waals surface area (Å²) in [7, 11) is 0. The lowest BCUT2D eigenvalue weighted by Gasteiger charge is -2.23. The van der Waals surface area contributed by atoms with Gasteiger partial charge in [0.2, 0.25) is 5.91 Å². The van der Waals surface area contributed by atoms with E-state index in [4.69, 9.17) is 0 Å². The summed E-state index contributed by atoms with van der Waals surface area (Å²) in [5.74, 6) is 0.273. The Kier molecular flexibility index (Phi) is 3.23. The van der Waals surface area contributed by atoms with Crippen LogP contribution < -0.4 is 10.2 Å². The number of rotatable bonds is 3. The first-order valence-electron chi connectivity index (χ1n) is 7.97. The maximum atomic E-state index is 13.1. The van der Waals surface area contributed by atoms with Crippen LogP contribution in [0.25, 0.3) is 0 Å². The molecule has 0 radical (unpaired) electrons. The fourth-order valence-electron chi connectivity index (χ4n) is 3.81. The molecule has 3 heteroatoms. The van der Waals surface area contributed by atoms with Gasteiger partial charge < -0.3 is 10.2 Å². The molecular weight excluding hydrogens is 272 g/mol. The molecular formula is C19H20N2O. The van der Waals surface area contributed by atoms with Gasteiger partial charge in [0.15, 0.2) is 0 Å². The third kappa shape index (κ3) is 1.97. The van der Waals surface area contributed by atoms with Crippen molar-refractivity contribution in [3.63, 3.8) is 0 Å². The highest BCUT2D eigenvalue weighted by Crippen LogP contribution is 2.45. The van der Waals surface area contributed by atoms with Crippen LogP contribution in [0.1, 0.15) is 17.5 Å². The molecule has 1 unspecified atom stereocenters. The van der Waals surface area contributed by atoms with Crippen LogP contribution in [0.5, 0.6) is 0 Å². The predicted molar refractivity (Wildman–Crippen MR) is 88.1 cm³/mol. The second-order valence-electron chi connectivity index (χ2n) is 6.22. The highest BCUT2D eigenvalue weighted by atomic mass is 16.2. The Bertz CT molecular complexity index is 690. The normalized spacial score (nSPS) is 23.3. The molecule has 112 valence electrons. The highest BCUT2D eigenvalue weighted by Gasteiger charge is 2.51. The lowest BCUT2D eigenvalue weighted by Crippen LogP contribution is -2.42. The van der Waals surface area contributed by atoms with Crippen molar-refractivity contribution in [2.75, 3.05) is 24.5 Å². The van der Waals surface area contributed by atoms with Crippen molar-refractivity contribution in [1.29, 1.82) is 0 Å². The molecule has 2 heterocycles. The molecule has 0 bridgehead atoms. The van der Waals surface area contributed by atoms with E-state index in [1.54, 1.807) is 0 Å². The minimum atomic E-state index is -0.326. The summed E-state index contributed by atoms with van der Waals surface area (Å²) < 4.78 is 0. The summed E-state index contributed by atoms with van der Waals surface area (Å²) in [6, 6.07) is 18.7. The Morgan fingerprint density at radius 1 is 1.05 bits per heavy atom. The summed E-state index contributed by atoms with van der Waals surface area (Å²) in [5.41, 5.74) is 3.26. The average molecular weight is 292 g/mol. The lowest BCUT2D eigenvalue weighted by atomic mass is 9.81. The first-order valence-corrected chi connectivity index (χ1v) is 7.97. The number of hydrogen-bond acceptors (Lipinski definition) is 2. The van der Waals surface area contributed by atoms with Gasteiger partial charge in [0.1, 0.15) is 0 Å². The smallest absolute Gasteiger partial charge is 0.239 e. The van der Waals surface area contributed by atoms with Crippen LogP contribution in [-0.4, -0.2) is 25.5 Å². The van der Waals surface area contributed by atoms with Crippen molar-refractivity contribution in [3.05, 3.63) is 65.7 Å². The zero-order valence-corrected chi connectivity index (χ0v) is 12.6. The van der Waals surface area contributed by atoms with E-state index in [1.165, 1.54) is 11.1 Å². The van der Waals surface area contributed by atoms with Gasteiger partial charge in [-0.2, -0.15) is 0 Å². The number of carbonyl (C=O) groups excluding carboxylic acids is 1. The zero-order valence-electron chi connectivity index (χ0n) is 12.6. The molecule has 0 aromatic heterocycles. The van der Waals surface area contributed by atoms with E-state index in [2.05, 4.69) is 41.7 Å². The van der Waals surface area contributed by atoms with Crippen LogP contribution in [0.4, 0.5) is 5.69 Å². The molecule has 1 atom stereocenters. The van der Waals surface area contributed by atoms with Gasteiger partial charge in [0, 0.05) is 18.8 Å². The monoisotopic (exact) mass is 292 g/mol. The molecule has 22 heavy (non-hydrogen) atoms.